The van der Waals surface area contributed by atoms with Gasteiger partial charge in [0, 0.05) is 29.8 Å². The first kappa shape index (κ1) is 27.6. The van der Waals surface area contributed by atoms with Crippen LogP contribution in [-0.4, -0.2) is 48.3 Å². The second kappa shape index (κ2) is 12.0. The summed E-state index contributed by atoms with van der Waals surface area (Å²) in [4.78, 5) is 6.48. The number of aliphatic hydroxyl groups excluding tert-OH is 1. The first-order valence-electron chi connectivity index (χ1n) is 12.5. The lowest BCUT2D eigenvalue weighted by Crippen LogP contribution is -2.42. The van der Waals surface area contributed by atoms with E-state index >= 15 is 4.39 Å². The van der Waals surface area contributed by atoms with Crippen LogP contribution in [-0.2, 0) is 6.42 Å². The molecule has 37 heavy (non-hydrogen) atoms. The highest BCUT2D eigenvalue weighted by Crippen LogP contribution is 2.42. The van der Waals surface area contributed by atoms with Crippen LogP contribution < -0.4 is 4.74 Å². The lowest BCUT2D eigenvalue weighted by Gasteiger charge is -2.41. The van der Waals surface area contributed by atoms with E-state index in [9.17, 15) is 18.3 Å². The molecule has 200 valence electrons. The normalized spacial score (nSPS) is 16.7. The number of aliphatic hydroxyl groups is 1. The van der Waals surface area contributed by atoms with Crippen LogP contribution >= 0.6 is 11.6 Å². The van der Waals surface area contributed by atoms with E-state index in [1.807, 2.05) is 0 Å². The average molecular weight is 539 g/mol. The van der Waals surface area contributed by atoms with Crippen LogP contribution in [0, 0.1) is 22.9 Å². The standard InChI is InChI=1S/C28H31ClF4N2O2/c1-37-20-4-5-25-21(15-20)26(22(29)16-34-25)23(31)6-7-28(17-36)8-11-35(12-9-28)10-2-3-18-13-19(30)14-24(32)27(18)33/h4-5,13-16,23,36H,2-3,6-12,17H2,1H3. The second-order valence-corrected chi connectivity index (χ2v) is 10.3. The molecule has 1 N–H and O–H groups in total. The fourth-order valence-corrected chi connectivity index (χ4v) is 5.48. The predicted molar refractivity (Wildman–Crippen MR) is 136 cm³/mol. The monoisotopic (exact) mass is 538 g/mol. The molecule has 3 aromatic rings. The van der Waals surface area contributed by atoms with Gasteiger partial charge in [0.25, 0.3) is 0 Å². The van der Waals surface area contributed by atoms with Crippen molar-refractivity contribution in [2.45, 2.75) is 44.7 Å². The number of aryl methyl sites for hydroxylation is 1. The molecule has 1 saturated heterocycles. The van der Waals surface area contributed by atoms with Gasteiger partial charge in [0.15, 0.2) is 11.6 Å². The zero-order valence-electron chi connectivity index (χ0n) is 20.8. The zero-order valence-corrected chi connectivity index (χ0v) is 21.5. The molecule has 4 nitrogen and oxygen atoms in total. The minimum absolute atomic E-state index is 0.0353. The quantitative estimate of drug-likeness (QED) is 0.227. The molecule has 1 aliphatic heterocycles. The number of hydrogen-bond acceptors (Lipinski definition) is 4. The number of alkyl halides is 1. The fourth-order valence-electron chi connectivity index (χ4n) is 5.21. The highest BCUT2D eigenvalue weighted by Gasteiger charge is 2.35. The van der Waals surface area contributed by atoms with Crippen molar-refractivity contribution < 1.29 is 27.4 Å². The van der Waals surface area contributed by atoms with Gasteiger partial charge in [0.1, 0.15) is 17.7 Å². The van der Waals surface area contributed by atoms with Crippen molar-refractivity contribution in [1.82, 2.24) is 9.88 Å². The number of hydrogen-bond donors (Lipinski definition) is 1. The Morgan fingerprint density at radius 2 is 1.92 bits per heavy atom. The molecule has 1 atom stereocenters. The van der Waals surface area contributed by atoms with Crippen molar-refractivity contribution in [2.24, 2.45) is 5.41 Å². The first-order valence-corrected chi connectivity index (χ1v) is 12.9. The maximum absolute atomic E-state index is 15.6. The van der Waals surface area contributed by atoms with E-state index < -0.39 is 29.0 Å². The third-order valence-electron chi connectivity index (χ3n) is 7.55. The van der Waals surface area contributed by atoms with E-state index in [1.165, 1.54) is 6.20 Å². The molecule has 2 aromatic carbocycles. The van der Waals surface area contributed by atoms with Gasteiger partial charge in [-0.3, -0.25) is 4.98 Å². The predicted octanol–water partition coefficient (Wildman–Crippen LogP) is 6.81. The number of piperidine rings is 1. The summed E-state index contributed by atoms with van der Waals surface area (Å²) in [5, 5.41) is 11.1. The third-order valence-corrected chi connectivity index (χ3v) is 7.85. The molecular weight excluding hydrogens is 508 g/mol. The molecular formula is C28H31ClF4N2O2. The molecule has 1 unspecified atom stereocenters. The summed E-state index contributed by atoms with van der Waals surface area (Å²) >= 11 is 6.36. The summed E-state index contributed by atoms with van der Waals surface area (Å²) in [5.41, 5.74) is 0.658. The molecule has 0 radical (unpaired) electrons. The Labute approximate surface area is 219 Å². The molecule has 1 aromatic heterocycles. The second-order valence-electron chi connectivity index (χ2n) is 9.87. The maximum atomic E-state index is 15.6. The van der Waals surface area contributed by atoms with Gasteiger partial charge in [-0.15, -0.1) is 0 Å². The van der Waals surface area contributed by atoms with Crippen molar-refractivity contribution in [3.63, 3.8) is 0 Å². The molecule has 1 fully saturated rings. The number of fused-ring (bicyclic) bond motifs is 1. The van der Waals surface area contributed by atoms with E-state index in [2.05, 4.69) is 9.88 Å². The summed E-state index contributed by atoms with van der Waals surface area (Å²) in [6, 6.07) is 6.85. The van der Waals surface area contributed by atoms with Gasteiger partial charge in [0.2, 0.25) is 0 Å². The number of aromatic nitrogens is 1. The zero-order chi connectivity index (χ0) is 26.6. The summed E-state index contributed by atoms with van der Waals surface area (Å²) in [6.07, 6.45) is 3.01. The Morgan fingerprint density at radius 1 is 1.16 bits per heavy atom. The van der Waals surface area contributed by atoms with Gasteiger partial charge in [0.05, 0.1) is 17.6 Å². The topological polar surface area (TPSA) is 45.6 Å². The minimum Gasteiger partial charge on any atom is -0.497 e. The molecule has 0 amide bonds. The molecule has 0 saturated carbocycles. The fraction of sp³-hybridized carbons (Fsp3) is 0.464. The average Bonchev–Trinajstić information content (AvgIpc) is 2.90. The Hall–Kier alpha value is -2.42. The SMILES string of the molecule is COc1ccc2ncc(Cl)c(C(F)CCC3(CO)CCN(CCCc4cc(F)cc(F)c4F)CC3)c2c1. The van der Waals surface area contributed by atoms with E-state index in [4.69, 9.17) is 16.3 Å². The number of halogens is 5. The Balaban J connectivity index is 1.33. The van der Waals surface area contributed by atoms with Crippen LogP contribution in [0.4, 0.5) is 17.6 Å². The molecule has 9 heteroatoms. The van der Waals surface area contributed by atoms with Gasteiger partial charge in [-0.25, -0.2) is 17.6 Å². The van der Waals surface area contributed by atoms with Gasteiger partial charge in [-0.05, 0) is 93.4 Å². The van der Waals surface area contributed by atoms with Crippen molar-refractivity contribution in [2.75, 3.05) is 33.4 Å². The lowest BCUT2D eigenvalue weighted by molar-refractivity contribution is 0.0300. The molecule has 4 rings (SSSR count). The Morgan fingerprint density at radius 3 is 2.62 bits per heavy atom. The summed E-state index contributed by atoms with van der Waals surface area (Å²) in [5.74, 6) is -2.37. The maximum Gasteiger partial charge on any atom is 0.162 e. The van der Waals surface area contributed by atoms with E-state index in [1.54, 1.807) is 25.3 Å². The van der Waals surface area contributed by atoms with Crippen LogP contribution in [0.1, 0.15) is 49.4 Å². The van der Waals surface area contributed by atoms with Crippen molar-refractivity contribution >= 4 is 22.5 Å². The van der Waals surface area contributed by atoms with Crippen LogP contribution in [0.25, 0.3) is 10.9 Å². The first-order chi connectivity index (χ1) is 17.7. The molecule has 0 spiro atoms. The molecule has 1 aliphatic rings. The smallest absolute Gasteiger partial charge is 0.162 e. The van der Waals surface area contributed by atoms with Crippen LogP contribution in [0.5, 0.6) is 5.75 Å². The van der Waals surface area contributed by atoms with E-state index in [0.717, 1.165) is 6.07 Å². The number of methoxy groups -OCH3 is 1. The molecule has 0 bridgehead atoms. The largest absolute Gasteiger partial charge is 0.497 e. The Kier molecular flexibility index (Phi) is 8.93. The van der Waals surface area contributed by atoms with Gasteiger partial charge < -0.3 is 14.7 Å². The summed E-state index contributed by atoms with van der Waals surface area (Å²) < 4.78 is 61.6. The minimum atomic E-state index is -1.33. The summed E-state index contributed by atoms with van der Waals surface area (Å²) in [7, 11) is 1.54. The van der Waals surface area contributed by atoms with E-state index in [-0.39, 0.29) is 30.0 Å². The molecule has 0 aliphatic carbocycles. The van der Waals surface area contributed by atoms with Gasteiger partial charge >= 0.3 is 0 Å². The number of nitrogens with zero attached hydrogens (tertiary/aromatic N) is 2. The highest BCUT2D eigenvalue weighted by atomic mass is 35.5. The van der Waals surface area contributed by atoms with Gasteiger partial charge in [-0.2, -0.15) is 0 Å². The van der Waals surface area contributed by atoms with Gasteiger partial charge in [-0.1, -0.05) is 11.6 Å². The van der Waals surface area contributed by atoms with Crippen LogP contribution in [0.15, 0.2) is 36.5 Å². The van der Waals surface area contributed by atoms with E-state index in [0.29, 0.717) is 73.6 Å². The summed E-state index contributed by atoms with van der Waals surface area (Å²) in [6.45, 7) is 2.01. The number of benzene rings is 2. The van der Waals surface area contributed by atoms with Crippen molar-refractivity contribution in [3.8, 4) is 5.75 Å². The molecule has 2 heterocycles. The van der Waals surface area contributed by atoms with Crippen molar-refractivity contribution in [3.05, 3.63) is 70.1 Å². The number of pyridine rings is 1. The number of ether oxygens (including phenoxy) is 1. The number of rotatable bonds is 10. The number of likely N-dealkylation sites (tertiary alicyclic amines) is 1. The highest BCUT2D eigenvalue weighted by molar-refractivity contribution is 6.32. The van der Waals surface area contributed by atoms with Crippen molar-refractivity contribution in [1.29, 1.82) is 0 Å². The van der Waals surface area contributed by atoms with Crippen LogP contribution in [0.2, 0.25) is 5.02 Å². The third kappa shape index (κ3) is 6.36. The Bertz CT molecular complexity index is 1230. The van der Waals surface area contributed by atoms with Crippen LogP contribution in [0.3, 0.4) is 0 Å². The lowest BCUT2D eigenvalue weighted by atomic mass is 9.74.